The van der Waals surface area contributed by atoms with Gasteiger partial charge in [0.1, 0.15) is 5.82 Å². The molecule has 0 saturated heterocycles. The van der Waals surface area contributed by atoms with Crippen molar-refractivity contribution in [1.82, 2.24) is 0 Å². The molecule has 0 aliphatic carbocycles. The highest BCUT2D eigenvalue weighted by Crippen LogP contribution is 2.16. The van der Waals surface area contributed by atoms with Crippen molar-refractivity contribution in [2.45, 2.75) is 26.2 Å². The van der Waals surface area contributed by atoms with Crippen molar-refractivity contribution >= 4 is 0 Å². The molecule has 15 heavy (non-hydrogen) atoms. The van der Waals surface area contributed by atoms with Crippen molar-refractivity contribution < 1.29 is 13.2 Å². The fourth-order valence-corrected chi connectivity index (χ4v) is 1.31. The lowest BCUT2D eigenvalue weighted by Crippen LogP contribution is -1.96. The van der Waals surface area contributed by atoms with Gasteiger partial charge in [-0.25, -0.2) is 13.2 Å². The summed E-state index contributed by atoms with van der Waals surface area (Å²) < 4.78 is 38.5. The zero-order chi connectivity index (χ0) is 11.4. The number of rotatable bonds is 4. The van der Waals surface area contributed by atoms with Crippen molar-refractivity contribution in [3.63, 3.8) is 0 Å². The van der Waals surface area contributed by atoms with E-state index in [0.717, 1.165) is 11.6 Å². The number of aryl methyl sites for hydroxylation is 1. The van der Waals surface area contributed by atoms with E-state index in [-0.39, 0.29) is 5.56 Å². The van der Waals surface area contributed by atoms with Gasteiger partial charge in [0.05, 0.1) is 0 Å². The molecule has 82 valence electrons. The molecule has 0 aromatic heterocycles. The summed E-state index contributed by atoms with van der Waals surface area (Å²) >= 11 is 0. The number of hydrogen-bond donors (Lipinski definition) is 0. The molecule has 0 bridgehead atoms. The lowest BCUT2D eigenvalue weighted by atomic mass is 10.0. The first-order valence-electron chi connectivity index (χ1n) is 4.72. The van der Waals surface area contributed by atoms with E-state index >= 15 is 0 Å². The third-order valence-electron chi connectivity index (χ3n) is 2.11. The molecule has 0 nitrogen and oxygen atoms in total. The molecule has 0 atom stereocenters. The molecule has 0 heterocycles. The van der Waals surface area contributed by atoms with E-state index in [4.69, 9.17) is 6.58 Å². The van der Waals surface area contributed by atoms with Crippen LogP contribution in [0.5, 0.6) is 0 Å². The maximum atomic E-state index is 13.1. The van der Waals surface area contributed by atoms with Crippen LogP contribution < -0.4 is 0 Å². The Morgan fingerprint density at radius 3 is 2.33 bits per heavy atom. The van der Waals surface area contributed by atoms with Crippen molar-refractivity contribution in [3.05, 3.63) is 47.3 Å². The van der Waals surface area contributed by atoms with Gasteiger partial charge in [0.25, 0.3) is 0 Å². The highest BCUT2D eigenvalue weighted by molar-refractivity contribution is 5.20. The van der Waals surface area contributed by atoms with Crippen LogP contribution in [0.4, 0.5) is 13.2 Å². The van der Waals surface area contributed by atoms with Crippen molar-refractivity contribution in [1.29, 1.82) is 0 Å². The summed E-state index contributed by atoms with van der Waals surface area (Å²) in [5.41, 5.74) is 0.938. The average molecular weight is 213 g/mol. The van der Waals surface area contributed by atoms with Gasteiger partial charge in [-0.05, 0) is 24.5 Å². The van der Waals surface area contributed by atoms with Gasteiger partial charge < -0.3 is 6.58 Å². The molecule has 0 amide bonds. The van der Waals surface area contributed by atoms with Gasteiger partial charge in [-0.2, -0.15) is 0 Å². The van der Waals surface area contributed by atoms with Crippen LogP contribution in [0.25, 0.3) is 0 Å². The first-order chi connectivity index (χ1) is 7.00. The second-order valence-electron chi connectivity index (χ2n) is 3.56. The molecule has 0 N–H and O–H groups in total. The zero-order valence-electron chi connectivity index (χ0n) is 8.49. The molecule has 0 radical (unpaired) electrons. The SMILES string of the molecule is [CH-]=C(C)CCCc1cc(F)c(F)cc1F. The van der Waals surface area contributed by atoms with Gasteiger partial charge in [0.2, 0.25) is 0 Å². The topological polar surface area (TPSA) is 0 Å². The van der Waals surface area contributed by atoms with Crippen LogP contribution in [0.1, 0.15) is 25.3 Å². The predicted octanol–water partition coefficient (Wildman–Crippen LogP) is 3.81. The van der Waals surface area contributed by atoms with Crippen molar-refractivity contribution in [3.8, 4) is 0 Å². The van der Waals surface area contributed by atoms with Crippen LogP contribution in [0.2, 0.25) is 0 Å². The smallest absolute Gasteiger partial charge is 0.161 e. The Labute approximate surface area is 87.4 Å². The minimum Gasteiger partial charge on any atom is -0.515 e. The normalized spacial score (nSPS) is 10.4. The number of allylic oxidation sites excluding steroid dienone is 1. The first-order valence-corrected chi connectivity index (χ1v) is 4.72. The molecule has 0 aliphatic rings. The fourth-order valence-electron chi connectivity index (χ4n) is 1.31. The van der Waals surface area contributed by atoms with E-state index in [9.17, 15) is 13.2 Å². The average Bonchev–Trinajstić information content (AvgIpc) is 2.13. The van der Waals surface area contributed by atoms with Gasteiger partial charge in [0.15, 0.2) is 11.6 Å². The molecule has 1 aromatic carbocycles. The molecule has 0 aliphatic heterocycles. The van der Waals surface area contributed by atoms with Crippen LogP contribution in [0.15, 0.2) is 17.7 Å². The standard InChI is InChI=1S/C12H12F3/c1-8(2)4-3-5-9-6-11(14)12(15)7-10(9)13/h1,6-7H,3-5H2,2H3/q-1. The monoisotopic (exact) mass is 213 g/mol. The molecule has 0 spiro atoms. The Bertz CT molecular complexity index is 369. The maximum Gasteiger partial charge on any atom is 0.161 e. The van der Waals surface area contributed by atoms with Crippen LogP contribution in [0, 0.1) is 24.0 Å². The highest BCUT2D eigenvalue weighted by atomic mass is 19.2. The molecule has 0 saturated carbocycles. The summed E-state index contributed by atoms with van der Waals surface area (Å²) in [5.74, 6) is -2.87. The van der Waals surface area contributed by atoms with Crippen LogP contribution in [-0.2, 0) is 6.42 Å². The minimum atomic E-state index is -1.15. The minimum absolute atomic E-state index is 0.190. The zero-order valence-corrected chi connectivity index (χ0v) is 8.49. The third kappa shape index (κ3) is 3.42. The quantitative estimate of drug-likeness (QED) is 0.527. The number of hydrogen-bond acceptors (Lipinski definition) is 0. The summed E-state index contributed by atoms with van der Waals surface area (Å²) in [6.45, 7) is 7.20. The van der Waals surface area contributed by atoms with E-state index in [0.29, 0.717) is 25.3 Å². The van der Waals surface area contributed by atoms with Crippen LogP contribution in [0.3, 0.4) is 0 Å². The molecule has 3 heteroatoms. The van der Waals surface area contributed by atoms with Crippen LogP contribution >= 0.6 is 0 Å². The number of halogens is 3. The van der Waals surface area contributed by atoms with E-state index in [1.165, 1.54) is 0 Å². The second kappa shape index (κ2) is 5.01. The molecule has 0 unspecified atom stereocenters. The summed E-state index contributed by atoms with van der Waals surface area (Å²) in [6, 6.07) is 1.47. The molecular formula is C12H12F3-. The second-order valence-corrected chi connectivity index (χ2v) is 3.56. The van der Waals surface area contributed by atoms with E-state index < -0.39 is 17.5 Å². The first kappa shape index (κ1) is 11.8. The summed E-state index contributed by atoms with van der Waals surface area (Å²) in [6.07, 6.45) is 1.64. The Balaban J connectivity index is 2.69. The van der Waals surface area contributed by atoms with Gasteiger partial charge in [-0.15, -0.1) is 0 Å². The Morgan fingerprint density at radius 1 is 1.13 bits per heavy atom. The van der Waals surface area contributed by atoms with Gasteiger partial charge in [0, 0.05) is 6.07 Å². The lowest BCUT2D eigenvalue weighted by molar-refractivity contribution is 0.489. The lowest BCUT2D eigenvalue weighted by Gasteiger charge is -2.06. The largest absolute Gasteiger partial charge is 0.515 e. The molecule has 1 rings (SSSR count). The Kier molecular flexibility index (Phi) is 3.95. The summed E-state index contributed by atoms with van der Waals surface area (Å²) in [4.78, 5) is 0. The number of benzene rings is 1. The molecule has 1 aromatic rings. The third-order valence-corrected chi connectivity index (χ3v) is 2.11. The van der Waals surface area contributed by atoms with Crippen LogP contribution in [-0.4, -0.2) is 0 Å². The fraction of sp³-hybridized carbons (Fsp3) is 0.333. The van der Waals surface area contributed by atoms with E-state index in [2.05, 4.69) is 0 Å². The highest BCUT2D eigenvalue weighted by Gasteiger charge is 2.08. The van der Waals surface area contributed by atoms with Crippen molar-refractivity contribution in [2.24, 2.45) is 0 Å². The molecule has 0 fully saturated rings. The summed E-state index contributed by atoms with van der Waals surface area (Å²) in [5, 5.41) is 0. The van der Waals surface area contributed by atoms with E-state index in [1.54, 1.807) is 6.92 Å². The van der Waals surface area contributed by atoms with Crippen molar-refractivity contribution in [2.75, 3.05) is 0 Å². The summed E-state index contributed by atoms with van der Waals surface area (Å²) in [7, 11) is 0. The Hall–Kier alpha value is -1.25. The van der Waals surface area contributed by atoms with E-state index in [1.807, 2.05) is 0 Å². The Morgan fingerprint density at radius 2 is 1.73 bits per heavy atom. The van der Waals surface area contributed by atoms with Gasteiger partial charge in [-0.1, -0.05) is 13.3 Å². The predicted molar refractivity (Wildman–Crippen MR) is 52.7 cm³/mol. The van der Waals surface area contributed by atoms with Gasteiger partial charge in [-0.3, -0.25) is 5.57 Å². The molecular weight excluding hydrogens is 201 g/mol. The maximum absolute atomic E-state index is 13.1. The van der Waals surface area contributed by atoms with Gasteiger partial charge >= 0.3 is 0 Å².